The molecule has 2 atom stereocenters. The van der Waals surface area contributed by atoms with Gasteiger partial charge in [-0.3, -0.25) is 0 Å². The minimum Gasteiger partial charge on any atom is -0.353 e. The van der Waals surface area contributed by atoms with Gasteiger partial charge in [-0.2, -0.15) is 0 Å². The topological polar surface area (TPSA) is 29.0 Å². The van der Waals surface area contributed by atoms with Gasteiger partial charge in [0.2, 0.25) is 0 Å². The highest BCUT2D eigenvalue weighted by Gasteiger charge is 2.29. The zero-order valence-electron chi connectivity index (χ0n) is 11.2. The number of hydrogen-bond acceptors (Lipinski definition) is 3. The molecule has 3 heteroatoms. The van der Waals surface area contributed by atoms with Gasteiger partial charge in [0.05, 0.1) is 0 Å². The van der Waals surface area contributed by atoms with Crippen LogP contribution in [0.1, 0.15) is 45.2 Å². The molecule has 0 spiro atoms. The van der Waals surface area contributed by atoms with Crippen molar-refractivity contribution in [2.45, 2.75) is 52.5 Å². The van der Waals surface area contributed by atoms with Gasteiger partial charge in [0.1, 0.15) is 12.1 Å². The molecule has 1 fully saturated rings. The summed E-state index contributed by atoms with van der Waals surface area (Å²) in [5.74, 6) is 1.88. The maximum Gasteiger partial charge on any atom is 0.132 e. The van der Waals surface area contributed by atoms with E-state index in [0.29, 0.717) is 6.04 Å². The first kappa shape index (κ1) is 12.3. The minimum absolute atomic E-state index is 0.671. The van der Waals surface area contributed by atoms with Gasteiger partial charge in [0.25, 0.3) is 0 Å². The van der Waals surface area contributed by atoms with Crippen LogP contribution in [0.25, 0.3) is 0 Å². The van der Waals surface area contributed by atoms with Crippen molar-refractivity contribution in [3.05, 3.63) is 18.1 Å². The normalized spacial score (nSPS) is 21.8. The Morgan fingerprint density at radius 3 is 3.00 bits per heavy atom. The predicted molar refractivity (Wildman–Crippen MR) is 71.2 cm³/mol. The lowest BCUT2D eigenvalue weighted by Gasteiger charge is -2.30. The average Bonchev–Trinajstić information content (AvgIpc) is 2.78. The second kappa shape index (κ2) is 5.48. The molecule has 1 aliphatic rings. The average molecular weight is 233 g/mol. The molecule has 94 valence electrons. The highest BCUT2D eigenvalue weighted by atomic mass is 15.2. The van der Waals surface area contributed by atoms with Crippen molar-refractivity contribution in [2.75, 3.05) is 11.4 Å². The standard InChI is InChI=1S/C14H23N3/c1-4-6-11(2)13-7-5-8-17(13)14-9-12(3)15-10-16-14/h9-11,13H,4-8H2,1-3H3. The molecule has 2 rings (SSSR count). The summed E-state index contributed by atoms with van der Waals surface area (Å²) in [7, 11) is 0. The molecule has 0 radical (unpaired) electrons. The molecule has 3 nitrogen and oxygen atoms in total. The van der Waals surface area contributed by atoms with E-state index in [2.05, 4.69) is 34.8 Å². The van der Waals surface area contributed by atoms with Crippen LogP contribution in [0.5, 0.6) is 0 Å². The SMILES string of the molecule is CCCC(C)C1CCCN1c1cc(C)ncn1. The Morgan fingerprint density at radius 2 is 2.29 bits per heavy atom. The maximum atomic E-state index is 4.43. The van der Waals surface area contributed by atoms with Gasteiger partial charge < -0.3 is 4.90 Å². The van der Waals surface area contributed by atoms with E-state index < -0.39 is 0 Å². The molecular formula is C14H23N3. The summed E-state index contributed by atoms with van der Waals surface area (Å²) in [6, 6.07) is 2.78. The highest BCUT2D eigenvalue weighted by Crippen LogP contribution is 2.30. The summed E-state index contributed by atoms with van der Waals surface area (Å²) in [6.45, 7) is 7.83. The number of rotatable bonds is 4. The van der Waals surface area contributed by atoms with Crippen LogP contribution in [-0.2, 0) is 0 Å². The molecule has 1 aromatic heterocycles. The molecule has 0 saturated carbocycles. The zero-order chi connectivity index (χ0) is 12.3. The van der Waals surface area contributed by atoms with E-state index in [1.807, 2.05) is 6.92 Å². The van der Waals surface area contributed by atoms with Gasteiger partial charge in [-0.25, -0.2) is 9.97 Å². The second-order valence-electron chi connectivity index (χ2n) is 5.19. The van der Waals surface area contributed by atoms with E-state index >= 15 is 0 Å². The minimum atomic E-state index is 0.671. The van der Waals surface area contributed by atoms with Crippen molar-refractivity contribution in [2.24, 2.45) is 5.92 Å². The van der Waals surface area contributed by atoms with Crippen LogP contribution >= 0.6 is 0 Å². The summed E-state index contributed by atoms with van der Waals surface area (Å²) in [6.07, 6.45) is 6.87. The fourth-order valence-corrected chi connectivity index (χ4v) is 2.91. The van der Waals surface area contributed by atoms with Gasteiger partial charge in [-0.05, 0) is 32.1 Å². The zero-order valence-corrected chi connectivity index (χ0v) is 11.2. The number of nitrogens with zero attached hydrogens (tertiary/aromatic N) is 3. The Kier molecular flexibility index (Phi) is 3.97. The second-order valence-corrected chi connectivity index (χ2v) is 5.19. The van der Waals surface area contributed by atoms with Crippen LogP contribution in [-0.4, -0.2) is 22.6 Å². The lowest BCUT2D eigenvalue weighted by Crippen LogP contribution is -2.35. The largest absolute Gasteiger partial charge is 0.353 e. The van der Waals surface area contributed by atoms with Gasteiger partial charge in [0.15, 0.2) is 0 Å². The summed E-state index contributed by atoms with van der Waals surface area (Å²) in [5, 5.41) is 0. The van der Waals surface area contributed by atoms with Crippen LogP contribution in [0, 0.1) is 12.8 Å². The van der Waals surface area contributed by atoms with Crippen LogP contribution in [0.15, 0.2) is 12.4 Å². The summed E-state index contributed by atoms with van der Waals surface area (Å²) >= 11 is 0. The number of anilines is 1. The summed E-state index contributed by atoms with van der Waals surface area (Å²) in [5.41, 5.74) is 1.06. The fourth-order valence-electron chi connectivity index (χ4n) is 2.91. The summed E-state index contributed by atoms with van der Waals surface area (Å²) in [4.78, 5) is 11.1. The van der Waals surface area contributed by atoms with Crippen LogP contribution in [0.3, 0.4) is 0 Å². The first-order valence-electron chi connectivity index (χ1n) is 6.77. The van der Waals surface area contributed by atoms with Crippen molar-refractivity contribution < 1.29 is 0 Å². The molecule has 1 saturated heterocycles. The van der Waals surface area contributed by atoms with E-state index in [1.54, 1.807) is 6.33 Å². The van der Waals surface area contributed by atoms with E-state index in [1.165, 1.54) is 25.7 Å². The summed E-state index contributed by atoms with van der Waals surface area (Å²) < 4.78 is 0. The Bertz CT molecular complexity index is 364. The quantitative estimate of drug-likeness (QED) is 0.799. The fraction of sp³-hybridized carbons (Fsp3) is 0.714. The van der Waals surface area contributed by atoms with Gasteiger partial charge in [-0.15, -0.1) is 0 Å². The van der Waals surface area contributed by atoms with Crippen LogP contribution in [0.2, 0.25) is 0 Å². The highest BCUT2D eigenvalue weighted by molar-refractivity contribution is 5.41. The van der Waals surface area contributed by atoms with E-state index in [-0.39, 0.29) is 0 Å². The molecule has 0 amide bonds. The Balaban J connectivity index is 2.14. The third kappa shape index (κ3) is 2.76. The maximum absolute atomic E-state index is 4.43. The van der Waals surface area contributed by atoms with E-state index in [4.69, 9.17) is 0 Å². The first-order chi connectivity index (χ1) is 8.22. The lowest BCUT2D eigenvalue weighted by atomic mass is 9.95. The lowest BCUT2D eigenvalue weighted by molar-refractivity contribution is 0.420. The number of aromatic nitrogens is 2. The van der Waals surface area contributed by atoms with Gasteiger partial charge >= 0.3 is 0 Å². The van der Waals surface area contributed by atoms with E-state index in [9.17, 15) is 0 Å². The van der Waals surface area contributed by atoms with Crippen molar-refractivity contribution in [1.29, 1.82) is 0 Å². The number of aryl methyl sites for hydroxylation is 1. The van der Waals surface area contributed by atoms with Crippen LogP contribution < -0.4 is 4.90 Å². The molecular weight excluding hydrogens is 210 g/mol. The predicted octanol–water partition coefficient (Wildman–Crippen LogP) is 3.19. The van der Waals surface area contributed by atoms with Gasteiger partial charge in [0, 0.05) is 24.3 Å². The Labute approximate surface area is 104 Å². The smallest absolute Gasteiger partial charge is 0.132 e. The Morgan fingerprint density at radius 1 is 1.47 bits per heavy atom. The molecule has 1 aliphatic heterocycles. The van der Waals surface area contributed by atoms with E-state index in [0.717, 1.165) is 24.0 Å². The molecule has 1 aromatic rings. The molecule has 17 heavy (non-hydrogen) atoms. The molecule has 2 heterocycles. The Hall–Kier alpha value is -1.12. The molecule has 2 unspecified atom stereocenters. The van der Waals surface area contributed by atoms with Crippen molar-refractivity contribution in [1.82, 2.24) is 9.97 Å². The molecule has 0 bridgehead atoms. The first-order valence-corrected chi connectivity index (χ1v) is 6.77. The van der Waals surface area contributed by atoms with Gasteiger partial charge in [-0.1, -0.05) is 20.3 Å². The monoisotopic (exact) mass is 233 g/mol. The molecule has 0 N–H and O–H groups in total. The third-order valence-electron chi connectivity index (χ3n) is 3.78. The molecule has 0 aliphatic carbocycles. The third-order valence-corrected chi connectivity index (χ3v) is 3.78. The molecule has 0 aromatic carbocycles. The number of hydrogen-bond donors (Lipinski definition) is 0. The van der Waals surface area contributed by atoms with Crippen molar-refractivity contribution in [3.8, 4) is 0 Å². The van der Waals surface area contributed by atoms with Crippen molar-refractivity contribution >= 4 is 5.82 Å². The van der Waals surface area contributed by atoms with Crippen LogP contribution in [0.4, 0.5) is 5.82 Å². The van der Waals surface area contributed by atoms with Crippen molar-refractivity contribution in [3.63, 3.8) is 0 Å².